The fourth-order valence-electron chi connectivity index (χ4n) is 3.71. The van der Waals surface area contributed by atoms with Crippen LogP contribution in [0, 0.1) is 0 Å². The molecule has 1 aromatic heterocycles. The van der Waals surface area contributed by atoms with E-state index in [9.17, 15) is 0 Å². The van der Waals surface area contributed by atoms with Crippen molar-refractivity contribution in [2.24, 2.45) is 0 Å². The van der Waals surface area contributed by atoms with Gasteiger partial charge in [-0.1, -0.05) is 55.0 Å². The van der Waals surface area contributed by atoms with E-state index in [4.69, 9.17) is 4.98 Å². The van der Waals surface area contributed by atoms with Crippen LogP contribution in [0.4, 0.5) is 0 Å². The number of aromatic nitrogens is 1. The minimum atomic E-state index is 0.672. The molecule has 122 valence electrons. The number of rotatable bonds is 4. The van der Waals surface area contributed by atoms with Crippen molar-refractivity contribution < 1.29 is 0 Å². The lowest BCUT2D eigenvalue weighted by atomic mass is 9.95. The van der Waals surface area contributed by atoms with Gasteiger partial charge < -0.3 is 5.32 Å². The second-order valence-electron chi connectivity index (χ2n) is 6.74. The Balaban J connectivity index is 1.67. The topological polar surface area (TPSA) is 24.9 Å². The molecule has 2 heterocycles. The lowest BCUT2D eigenvalue weighted by Crippen LogP contribution is -2.34. The zero-order valence-corrected chi connectivity index (χ0v) is 14.0. The van der Waals surface area contributed by atoms with Crippen LogP contribution in [0.2, 0.25) is 0 Å². The van der Waals surface area contributed by atoms with E-state index in [0.717, 1.165) is 17.6 Å². The van der Waals surface area contributed by atoms with Gasteiger partial charge in [-0.05, 0) is 49.9 Å². The van der Waals surface area contributed by atoms with Crippen molar-refractivity contribution in [1.29, 1.82) is 0 Å². The van der Waals surface area contributed by atoms with Crippen molar-refractivity contribution in [3.05, 3.63) is 66.2 Å². The third-order valence-electron chi connectivity index (χ3n) is 5.05. The Morgan fingerprint density at radius 2 is 1.79 bits per heavy atom. The van der Waals surface area contributed by atoms with Crippen LogP contribution in [0.25, 0.3) is 22.2 Å². The normalized spacial score (nSPS) is 17.9. The van der Waals surface area contributed by atoms with E-state index >= 15 is 0 Å². The van der Waals surface area contributed by atoms with Gasteiger partial charge in [0.05, 0.1) is 11.2 Å². The molecule has 2 heteroatoms. The zero-order valence-electron chi connectivity index (χ0n) is 14.0. The molecule has 4 rings (SSSR count). The van der Waals surface area contributed by atoms with Crippen LogP contribution in [0.3, 0.4) is 0 Å². The van der Waals surface area contributed by atoms with Crippen LogP contribution in [-0.4, -0.2) is 17.6 Å². The number of pyridine rings is 1. The number of piperidine rings is 1. The van der Waals surface area contributed by atoms with Crippen molar-refractivity contribution in [3.63, 3.8) is 0 Å². The summed E-state index contributed by atoms with van der Waals surface area (Å²) < 4.78 is 0. The number of para-hydroxylation sites is 1. The first-order valence-electron chi connectivity index (χ1n) is 9.07. The zero-order chi connectivity index (χ0) is 16.2. The Kier molecular flexibility index (Phi) is 4.57. The summed E-state index contributed by atoms with van der Waals surface area (Å²) in [7, 11) is 0. The van der Waals surface area contributed by atoms with E-state index in [0.29, 0.717) is 6.04 Å². The fourth-order valence-corrected chi connectivity index (χ4v) is 3.71. The van der Waals surface area contributed by atoms with Crippen LogP contribution >= 0.6 is 0 Å². The standard InChI is InChI=1S/C22H24N2/c1-2-8-17(9-3-1)22-16-18(13-14-19-10-6-7-15-23-19)20-11-4-5-12-21(20)24-22/h1-5,8-9,11-12,16,19,23H,6-7,10,13-15H2. The van der Waals surface area contributed by atoms with Crippen molar-refractivity contribution in [2.75, 3.05) is 6.54 Å². The molecule has 0 aliphatic carbocycles. The van der Waals surface area contributed by atoms with Crippen LogP contribution in [0.5, 0.6) is 0 Å². The summed E-state index contributed by atoms with van der Waals surface area (Å²) >= 11 is 0. The largest absolute Gasteiger partial charge is 0.314 e. The van der Waals surface area contributed by atoms with Gasteiger partial charge in [0.25, 0.3) is 0 Å². The summed E-state index contributed by atoms with van der Waals surface area (Å²) in [5.74, 6) is 0. The second-order valence-corrected chi connectivity index (χ2v) is 6.74. The summed E-state index contributed by atoms with van der Waals surface area (Å²) in [5, 5.41) is 4.97. The number of hydrogen-bond donors (Lipinski definition) is 1. The van der Waals surface area contributed by atoms with E-state index in [1.165, 1.54) is 48.7 Å². The van der Waals surface area contributed by atoms with E-state index in [2.05, 4.69) is 66.0 Å². The first-order valence-corrected chi connectivity index (χ1v) is 9.07. The summed E-state index contributed by atoms with van der Waals surface area (Å²) in [6, 6.07) is 22.0. The number of benzene rings is 2. The smallest absolute Gasteiger partial charge is 0.0712 e. The van der Waals surface area contributed by atoms with Crippen molar-refractivity contribution >= 4 is 10.9 Å². The molecule has 0 spiro atoms. The van der Waals surface area contributed by atoms with Gasteiger partial charge in [-0.25, -0.2) is 4.98 Å². The maximum atomic E-state index is 4.89. The Hall–Kier alpha value is -2.19. The summed E-state index contributed by atoms with van der Waals surface area (Å²) in [6.45, 7) is 1.18. The maximum absolute atomic E-state index is 4.89. The lowest BCUT2D eigenvalue weighted by molar-refractivity contribution is 0.383. The Labute approximate surface area is 143 Å². The number of fused-ring (bicyclic) bond motifs is 1. The molecular formula is C22H24N2. The maximum Gasteiger partial charge on any atom is 0.0712 e. The number of nitrogens with one attached hydrogen (secondary N) is 1. The first-order chi connectivity index (χ1) is 11.9. The highest BCUT2D eigenvalue weighted by Crippen LogP contribution is 2.26. The van der Waals surface area contributed by atoms with Crippen molar-refractivity contribution in [2.45, 2.75) is 38.1 Å². The Bertz CT molecular complexity index is 805. The van der Waals surface area contributed by atoms with Crippen molar-refractivity contribution in [1.82, 2.24) is 10.3 Å². The van der Waals surface area contributed by atoms with Crippen molar-refractivity contribution in [3.8, 4) is 11.3 Å². The highest BCUT2D eigenvalue weighted by Gasteiger charge is 2.14. The molecular weight excluding hydrogens is 292 g/mol. The molecule has 1 fully saturated rings. The third-order valence-corrected chi connectivity index (χ3v) is 5.05. The van der Waals surface area contributed by atoms with Gasteiger partial charge in [0.1, 0.15) is 0 Å². The molecule has 2 nitrogen and oxygen atoms in total. The van der Waals surface area contributed by atoms with Gasteiger partial charge in [-0.2, -0.15) is 0 Å². The fraction of sp³-hybridized carbons (Fsp3) is 0.318. The van der Waals surface area contributed by atoms with E-state index < -0.39 is 0 Å². The average molecular weight is 316 g/mol. The molecule has 1 unspecified atom stereocenters. The lowest BCUT2D eigenvalue weighted by Gasteiger charge is -2.23. The summed E-state index contributed by atoms with van der Waals surface area (Å²) in [4.78, 5) is 4.89. The van der Waals surface area contributed by atoms with Crippen LogP contribution in [0.15, 0.2) is 60.7 Å². The molecule has 1 aliphatic rings. The summed E-state index contributed by atoms with van der Waals surface area (Å²) in [5.41, 5.74) is 4.80. The monoisotopic (exact) mass is 316 g/mol. The molecule has 1 aliphatic heterocycles. The SMILES string of the molecule is c1ccc(-c2cc(CCC3CCCCN3)c3ccccc3n2)cc1. The van der Waals surface area contributed by atoms with E-state index in [1.54, 1.807) is 0 Å². The van der Waals surface area contributed by atoms with Gasteiger partial charge >= 0.3 is 0 Å². The van der Waals surface area contributed by atoms with Gasteiger partial charge in [0.15, 0.2) is 0 Å². The first kappa shape index (κ1) is 15.3. The average Bonchev–Trinajstić information content (AvgIpc) is 2.67. The molecule has 0 saturated carbocycles. The highest BCUT2D eigenvalue weighted by atomic mass is 14.9. The molecule has 1 saturated heterocycles. The quantitative estimate of drug-likeness (QED) is 0.734. The number of nitrogens with zero attached hydrogens (tertiary/aromatic N) is 1. The molecule has 0 amide bonds. The molecule has 24 heavy (non-hydrogen) atoms. The van der Waals surface area contributed by atoms with E-state index in [-0.39, 0.29) is 0 Å². The predicted molar refractivity (Wildman–Crippen MR) is 101 cm³/mol. The number of hydrogen-bond acceptors (Lipinski definition) is 2. The molecule has 1 N–H and O–H groups in total. The van der Waals surface area contributed by atoms with Gasteiger partial charge in [0.2, 0.25) is 0 Å². The molecule has 0 bridgehead atoms. The molecule has 1 atom stereocenters. The second kappa shape index (κ2) is 7.14. The summed E-state index contributed by atoms with van der Waals surface area (Å²) in [6.07, 6.45) is 6.33. The van der Waals surface area contributed by atoms with Gasteiger partial charge in [-0.3, -0.25) is 0 Å². The predicted octanol–water partition coefficient (Wildman–Crippen LogP) is 4.98. The van der Waals surface area contributed by atoms with Crippen LogP contribution < -0.4 is 5.32 Å². The third kappa shape index (κ3) is 3.34. The van der Waals surface area contributed by atoms with Gasteiger partial charge in [0, 0.05) is 17.0 Å². The highest BCUT2D eigenvalue weighted by molar-refractivity contribution is 5.85. The van der Waals surface area contributed by atoms with Crippen LogP contribution in [-0.2, 0) is 6.42 Å². The minimum absolute atomic E-state index is 0.672. The molecule has 2 aromatic carbocycles. The molecule has 0 radical (unpaired) electrons. The van der Waals surface area contributed by atoms with Gasteiger partial charge in [-0.15, -0.1) is 0 Å². The minimum Gasteiger partial charge on any atom is -0.314 e. The van der Waals surface area contributed by atoms with Crippen LogP contribution in [0.1, 0.15) is 31.2 Å². The Morgan fingerprint density at radius 1 is 0.958 bits per heavy atom. The molecule has 3 aromatic rings. The van der Waals surface area contributed by atoms with E-state index in [1.807, 2.05) is 0 Å². The Morgan fingerprint density at radius 3 is 2.62 bits per heavy atom. The number of aryl methyl sites for hydroxylation is 1.